The predicted octanol–water partition coefficient (Wildman–Crippen LogP) is 5.03. The summed E-state index contributed by atoms with van der Waals surface area (Å²) >= 11 is 0. The molecule has 0 spiro atoms. The minimum atomic E-state index is 0.724. The van der Waals surface area contributed by atoms with Crippen LogP contribution in [0.3, 0.4) is 0 Å². The van der Waals surface area contributed by atoms with Gasteiger partial charge in [-0.25, -0.2) is 0 Å². The molecule has 1 nitrogen and oxygen atoms in total. The SMILES string of the molecule is [CH2]Oc1ccc(CCC(C)C)cc1CCC(C)C. The van der Waals surface area contributed by atoms with Crippen molar-refractivity contribution in [3.8, 4) is 5.75 Å². The molecule has 18 heavy (non-hydrogen) atoms. The first-order valence-electron chi connectivity index (χ1n) is 7.06. The van der Waals surface area contributed by atoms with Gasteiger partial charge in [-0.15, -0.1) is 0 Å². The number of hydrogen-bond acceptors (Lipinski definition) is 1. The van der Waals surface area contributed by atoms with E-state index in [-0.39, 0.29) is 0 Å². The summed E-state index contributed by atoms with van der Waals surface area (Å²) in [4.78, 5) is 0. The van der Waals surface area contributed by atoms with Crippen molar-refractivity contribution in [2.75, 3.05) is 0 Å². The molecule has 0 aliphatic carbocycles. The van der Waals surface area contributed by atoms with Crippen LogP contribution in [0.2, 0.25) is 0 Å². The molecule has 0 bridgehead atoms. The van der Waals surface area contributed by atoms with E-state index in [9.17, 15) is 0 Å². The second-order valence-electron chi connectivity index (χ2n) is 5.95. The highest BCUT2D eigenvalue weighted by molar-refractivity contribution is 5.37. The first-order chi connectivity index (χ1) is 8.52. The highest BCUT2D eigenvalue weighted by atomic mass is 16.5. The summed E-state index contributed by atoms with van der Waals surface area (Å²) in [7, 11) is 3.55. The first kappa shape index (κ1) is 15.1. The molecule has 0 saturated heterocycles. The summed E-state index contributed by atoms with van der Waals surface area (Å²) in [6, 6.07) is 6.53. The maximum absolute atomic E-state index is 5.21. The Morgan fingerprint density at radius 3 is 2.17 bits per heavy atom. The van der Waals surface area contributed by atoms with Gasteiger partial charge in [0.15, 0.2) is 0 Å². The van der Waals surface area contributed by atoms with Gasteiger partial charge in [0.2, 0.25) is 0 Å². The number of aryl methyl sites for hydroxylation is 2. The van der Waals surface area contributed by atoms with Crippen molar-refractivity contribution in [2.24, 2.45) is 11.8 Å². The molecule has 1 rings (SSSR count). The standard InChI is InChI=1S/C17H27O/c1-13(2)6-8-15-9-11-17(18-5)16(12-15)10-7-14(3)4/h9,11-14H,5-8,10H2,1-4H3. The van der Waals surface area contributed by atoms with Crippen LogP contribution in [0.4, 0.5) is 0 Å². The number of ether oxygens (including phenoxy) is 1. The van der Waals surface area contributed by atoms with Crippen LogP contribution in [0.5, 0.6) is 5.75 Å². The van der Waals surface area contributed by atoms with Crippen LogP contribution in [0.25, 0.3) is 0 Å². The van der Waals surface area contributed by atoms with Gasteiger partial charge in [0.1, 0.15) is 12.9 Å². The van der Waals surface area contributed by atoms with Gasteiger partial charge in [0.05, 0.1) is 0 Å². The lowest BCUT2D eigenvalue weighted by molar-refractivity contribution is 0.462. The molecule has 101 valence electrons. The van der Waals surface area contributed by atoms with Crippen LogP contribution in [-0.4, -0.2) is 0 Å². The summed E-state index contributed by atoms with van der Waals surface area (Å²) < 4.78 is 5.21. The Labute approximate surface area is 113 Å². The minimum absolute atomic E-state index is 0.724. The fourth-order valence-corrected chi connectivity index (χ4v) is 2.02. The highest BCUT2D eigenvalue weighted by Gasteiger charge is 2.06. The third-order valence-corrected chi connectivity index (χ3v) is 3.28. The Kier molecular flexibility index (Phi) is 6.24. The number of hydrogen-bond donors (Lipinski definition) is 0. The molecule has 1 aromatic carbocycles. The second-order valence-corrected chi connectivity index (χ2v) is 5.95. The topological polar surface area (TPSA) is 9.23 Å². The maximum atomic E-state index is 5.21. The molecule has 1 heteroatoms. The van der Waals surface area contributed by atoms with Gasteiger partial charge in [-0.1, -0.05) is 39.8 Å². The molecule has 1 radical (unpaired) electrons. The van der Waals surface area contributed by atoms with Gasteiger partial charge < -0.3 is 4.74 Å². The van der Waals surface area contributed by atoms with Crippen molar-refractivity contribution in [2.45, 2.75) is 53.4 Å². The van der Waals surface area contributed by atoms with Crippen LogP contribution < -0.4 is 4.74 Å². The lowest BCUT2D eigenvalue weighted by Gasteiger charge is -2.12. The third kappa shape index (κ3) is 5.12. The van der Waals surface area contributed by atoms with Crippen molar-refractivity contribution in [3.05, 3.63) is 36.4 Å². The van der Waals surface area contributed by atoms with Crippen molar-refractivity contribution >= 4 is 0 Å². The summed E-state index contributed by atoms with van der Waals surface area (Å²) in [5.74, 6) is 2.42. The zero-order valence-corrected chi connectivity index (χ0v) is 12.3. The van der Waals surface area contributed by atoms with E-state index < -0.39 is 0 Å². The van der Waals surface area contributed by atoms with Crippen molar-refractivity contribution in [1.29, 1.82) is 0 Å². The third-order valence-electron chi connectivity index (χ3n) is 3.28. The molecule has 0 heterocycles. The van der Waals surface area contributed by atoms with Gasteiger partial charge in [-0.3, -0.25) is 0 Å². The van der Waals surface area contributed by atoms with Gasteiger partial charge in [-0.05, 0) is 54.7 Å². The van der Waals surface area contributed by atoms with E-state index >= 15 is 0 Å². The maximum Gasteiger partial charge on any atom is 0.122 e. The van der Waals surface area contributed by atoms with E-state index in [0.717, 1.165) is 30.4 Å². The molecule has 0 unspecified atom stereocenters. The van der Waals surface area contributed by atoms with Gasteiger partial charge in [0.25, 0.3) is 0 Å². The average Bonchev–Trinajstić information content (AvgIpc) is 2.33. The summed E-state index contributed by atoms with van der Waals surface area (Å²) in [6.07, 6.45) is 4.68. The Hall–Kier alpha value is -0.980. The molecule has 0 atom stereocenters. The van der Waals surface area contributed by atoms with Crippen molar-refractivity contribution < 1.29 is 4.74 Å². The van der Waals surface area contributed by atoms with Crippen molar-refractivity contribution in [1.82, 2.24) is 0 Å². The minimum Gasteiger partial charge on any atom is -0.490 e. The number of benzene rings is 1. The molecule has 0 aliphatic rings. The molecular formula is C17H27O. The van der Waals surface area contributed by atoms with E-state index in [1.165, 1.54) is 24.0 Å². The van der Waals surface area contributed by atoms with E-state index in [1.54, 1.807) is 0 Å². The Bertz CT molecular complexity index is 353. The summed E-state index contributed by atoms with van der Waals surface area (Å²) in [6.45, 7) is 9.06. The van der Waals surface area contributed by atoms with E-state index in [0.29, 0.717) is 0 Å². The highest BCUT2D eigenvalue weighted by Crippen LogP contribution is 2.24. The summed E-state index contributed by atoms with van der Waals surface area (Å²) in [5.41, 5.74) is 2.73. The normalized spacial score (nSPS) is 11.3. The number of rotatable bonds is 7. The Morgan fingerprint density at radius 1 is 1.00 bits per heavy atom. The van der Waals surface area contributed by atoms with Gasteiger partial charge in [0, 0.05) is 0 Å². The Morgan fingerprint density at radius 2 is 1.61 bits per heavy atom. The lowest BCUT2D eigenvalue weighted by Crippen LogP contribution is -1.98. The van der Waals surface area contributed by atoms with Crippen LogP contribution in [0.1, 0.15) is 51.7 Å². The molecule has 0 saturated carbocycles. The molecule has 0 fully saturated rings. The second kappa shape index (κ2) is 7.45. The molecule has 0 amide bonds. The van der Waals surface area contributed by atoms with E-state index in [4.69, 9.17) is 4.74 Å². The van der Waals surface area contributed by atoms with Crippen LogP contribution in [0.15, 0.2) is 18.2 Å². The van der Waals surface area contributed by atoms with Gasteiger partial charge in [-0.2, -0.15) is 0 Å². The fourth-order valence-electron chi connectivity index (χ4n) is 2.02. The monoisotopic (exact) mass is 247 g/mol. The average molecular weight is 247 g/mol. The van der Waals surface area contributed by atoms with Crippen molar-refractivity contribution in [3.63, 3.8) is 0 Å². The fraction of sp³-hybridized carbons (Fsp3) is 0.588. The van der Waals surface area contributed by atoms with Crippen LogP contribution in [0, 0.1) is 18.9 Å². The molecule has 0 N–H and O–H groups in total. The van der Waals surface area contributed by atoms with Gasteiger partial charge >= 0.3 is 0 Å². The van der Waals surface area contributed by atoms with Crippen LogP contribution >= 0.6 is 0 Å². The zero-order valence-electron chi connectivity index (χ0n) is 12.3. The quantitative estimate of drug-likeness (QED) is 0.656. The van der Waals surface area contributed by atoms with E-state index in [1.807, 2.05) is 0 Å². The smallest absolute Gasteiger partial charge is 0.122 e. The molecule has 0 aromatic heterocycles. The Balaban J connectivity index is 2.74. The lowest BCUT2D eigenvalue weighted by atomic mass is 9.97. The van der Waals surface area contributed by atoms with Crippen LogP contribution in [-0.2, 0) is 12.8 Å². The largest absolute Gasteiger partial charge is 0.490 e. The molecule has 1 aromatic rings. The molecule has 0 aliphatic heterocycles. The zero-order chi connectivity index (χ0) is 13.5. The first-order valence-corrected chi connectivity index (χ1v) is 7.06. The summed E-state index contributed by atoms with van der Waals surface area (Å²) in [5, 5.41) is 0. The van der Waals surface area contributed by atoms with E-state index in [2.05, 4.69) is 53.0 Å². The predicted molar refractivity (Wildman–Crippen MR) is 78.7 cm³/mol. The molecular weight excluding hydrogens is 220 g/mol.